The summed E-state index contributed by atoms with van der Waals surface area (Å²) in [6.07, 6.45) is 6.05. The van der Waals surface area contributed by atoms with Crippen molar-refractivity contribution in [2.75, 3.05) is 13.2 Å². The first kappa shape index (κ1) is 15.4. The van der Waals surface area contributed by atoms with Gasteiger partial charge in [-0.2, -0.15) is 0 Å². The lowest BCUT2D eigenvalue weighted by molar-refractivity contribution is -0.130. The third-order valence-electron chi connectivity index (χ3n) is 3.51. The minimum Gasteiger partial charge on any atom is -0.394 e. The Morgan fingerprint density at radius 2 is 2.20 bits per heavy atom. The molecule has 0 bridgehead atoms. The summed E-state index contributed by atoms with van der Waals surface area (Å²) in [4.78, 5) is 13.9. The van der Waals surface area contributed by atoms with Crippen LogP contribution < -0.4 is 0 Å². The minimum absolute atomic E-state index is 0.0114. The van der Waals surface area contributed by atoms with Gasteiger partial charge in [-0.15, -0.1) is 0 Å². The maximum Gasteiger partial charge on any atom is 0.246 e. The normalized spacial score (nSPS) is 19.6. The van der Waals surface area contributed by atoms with E-state index in [0.717, 1.165) is 19.3 Å². The maximum absolute atomic E-state index is 12.2. The second-order valence-electron chi connectivity index (χ2n) is 4.84. The van der Waals surface area contributed by atoms with Crippen LogP contribution in [0.4, 0.5) is 0 Å². The molecule has 5 heteroatoms. The summed E-state index contributed by atoms with van der Waals surface area (Å²) >= 11 is 12.0. The number of nitrogens with zero attached hydrogens (tertiary/aromatic N) is 1. The number of hydrogen-bond donors (Lipinski definition) is 1. The molecule has 1 aliphatic rings. The van der Waals surface area contributed by atoms with E-state index in [1.807, 2.05) is 0 Å². The number of likely N-dealkylation sites (tertiary alicyclic amines) is 1. The van der Waals surface area contributed by atoms with Crippen molar-refractivity contribution in [2.24, 2.45) is 0 Å². The number of carbonyl (C=O) groups is 1. The number of halogens is 2. The van der Waals surface area contributed by atoms with Crippen LogP contribution in [0.25, 0.3) is 6.08 Å². The molecule has 1 aromatic carbocycles. The van der Waals surface area contributed by atoms with Gasteiger partial charge >= 0.3 is 0 Å². The third kappa shape index (κ3) is 3.54. The average molecular weight is 314 g/mol. The van der Waals surface area contributed by atoms with Crippen LogP contribution in [0.15, 0.2) is 24.3 Å². The summed E-state index contributed by atoms with van der Waals surface area (Å²) in [5.74, 6) is -0.0974. The van der Waals surface area contributed by atoms with Crippen molar-refractivity contribution in [1.29, 1.82) is 0 Å². The van der Waals surface area contributed by atoms with E-state index in [1.165, 1.54) is 6.08 Å². The summed E-state index contributed by atoms with van der Waals surface area (Å²) in [7, 11) is 0. The molecular formula is C15H17Cl2NO2. The summed E-state index contributed by atoms with van der Waals surface area (Å²) in [6, 6.07) is 5.22. The molecule has 0 radical (unpaired) electrons. The first-order valence-electron chi connectivity index (χ1n) is 6.67. The number of carbonyl (C=O) groups excluding carboxylic acids is 1. The van der Waals surface area contributed by atoms with E-state index in [-0.39, 0.29) is 18.6 Å². The van der Waals surface area contributed by atoms with E-state index in [9.17, 15) is 9.90 Å². The predicted octanol–water partition coefficient (Wildman–Crippen LogP) is 3.38. The topological polar surface area (TPSA) is 40.5 Å². The third-order valence-corrected chi connectivity index (χ3v) is 4.34. The molecule has 1 amide bonds. The summed E-state index contributed by atoms with van der Waals surface area (Å²) in [6.45, 7) is 0.704. The fourth-order valence-electron chi connectivity index (χ4n) is 2.39. The lowest BCUT2D eigenvalue weighted by Crippen LogP contribution is -2.44. The monoisotopic (exact) mass is 313 g/mol. The van der Waals surface area contributed by atoms with Crippen LogP contribution >= 0.6 is 23.2 Å². The molecule has 0 spiro atoms. The lowest BCUT2D eigenvalue weighted by atomic mass is 10.0. The average Bonchev–Trinajstić information content (AvgIpc) is 2.48. The number of aliphatic hydroxyl groups is 1. The molecule has 1 aromatic rings. The molecule has 1 saturated heterocycles. The zero-order valence-corrected chi connectivity index (χ0v) is 12.6. The van der Waals surface area contributed by atoms with Crippen molar-refractivity contribution in [2.45, 2.75) is 25.3 Å². The van der Waals surface area contributed by atoms with Crippen molar-refractivity contribution < 1.29 is 9.90 Å². The molecule has 1 N–H and O–H groups in total. The highest BCUT2D eigenvalue weighted by Gasteiger charge is 2.24. The second-order valence-corrected chi connectivity index (χ2v) is 5.63. The van der Waals surface area contributed by atoms with Gasteiger partial charge in [-0.1, -0.05) is 35.3 Å². The number of rotatable bonds is 3. The van der Waals surface area contributed by atoms with E-state index in [0.29, 0.717) is 22.2 Å². The van der Waals surface area contributed by atoms with Crippen LogP contribution in [-0.2, 0) is 4.79 Å². The van der Waals surface area contributed by atoms with Gasteiger partial charge in [0.2, 0.25) is 5.91 Å². The van der Waals surface area contributed by atoms with Crippen molar-refractivity contribution in [1.82, 2.24) is 4.90 Å². The van der Waals surface area contributed by atoms with Gasteiger partial charge in [0.1, 0.15) is 0 Å². The number of amides is 1. The van der Waals surface area contributed by atoms with Crippen LogP contribution in [0.3, 0.4) is 0 Å². The zero-order chi connectivity index (χ0) is 14.5. The van der Waals surface area contributed by atoms with Gasteiger partial charge in [0.25, 0.3) is 0 Å². The van der Waals surface area contributed by atoms with E-state index >= 15 is 0 Å². The fraction of sp³-hybridized carbons (Fsp3) is 0.400. The van der Waals surface area contributed by atoms with Crippen LogP contribution in [0.1, 0.15) is 24.8 Å². The van der Waals surface area contributed by atoms with Crippen LogP contribution in [0.2, 0.25) is 10.0 Å². The van der Waals surface area contributed by atoms with E-state index < -0.39 is 0 Å². The van der Waals surface area contributed by atoms with E-state index in [1.54, 1.807) is 29.2 Å². The van der Waals surface area contributed by atoms with Crippen LogP contribution in [-0.4, -0.2) is 35.1 Å². The molecule has 20 heavy (non-hydrogen) atoms. The molecule has 3 nitrogen and oxygen atoms in total. The summed E-state index contributed by atoms with van der Waals surface area (Å²) < 4.78 is 0. The number of benzene rings is 1. The Morgan fingerprint density at radius 3 is 2.95 bits per heavy atom. The number of hydrogen-bond acceptors (Lipinski definition) is 2. The Balaban J connectivity index is 2.10. The first-order chi connectivity index (χ1) is 9.63. The molecule has 108 valence electrons. The van der Waals surface area contributed by atoms with Crippen molar-refractivity contribution >= 4 is 35.2 Å². The molecule has 1 aliphatic heterocycles. The maximum atomic E-state index is 12.2. The van der Waals surface area contributed by atoms with Crippen molar-refractivity contribution in [3.05, 3.63) is 39.9 Å². The van der Waals surface area contributed by atoms with E-state index in [2.05, 4.69) is 0 Å². The molecule has 1 unspecified atom stereocenters. The second kappa shape index (κ2) is 7.11. The Morgan fingerprint density at radius 1 is 1.40 bits per heavy atom. The molecule has 0 aliphatic carbocycles. The smallest absolute Gasteiger partial charge is 0.246 e. The standard InChI is InChI=1S/C15H17Cl2NO2/c16-13-6-3-4-11(15(13)17)7-8-14(20)18-9-2-1-5-12(18)10-19/h3-4,6-8,12,19H,1-2,5,9-10H2/b8-7+. The Bertz CT molecular complexity index is 517. The lowest BCUT2D eigenvalue weighted by Gasteiger charge is -2.33. The highest BCUT2D eigenvalue weighted by Crippen LogP contribution is 2.26. The predicted molar refractivity (Wildman–Crippen MR) is 81.9 cm³/mol. The van der Waals surface area contributed by atoms with Crippen LogP contribution in [0.5, 0.6) is 0 Å². The van der Waals surface area contributed by atoms with Gasteiger partial charge in [-0.05, 0) is 37.0 Å². The quantitative estimate of drug-likeness (QED) is 0.869. The fourth-order valence-corrected chi connectivity index (χ4v) is 2.76. The van der Waals surface area contributed by atoms with Gasteiger partial charge < -0.3 is 10.0 Å². The van der Waals surface area contributed by atoms with Crippen molar-refractivity contribution in [3.63, 3.8) is 0 Å². The Hall–Kier alpha value is -1.03. The minimum atomic E-state index is -0.0974. The van der Waals surface area contributed by atoms with Gasteiger partial charge in [0, 0.05) is 12.6 Å². The largest absolute Gasteiger partial charge is 0.394 e. The summed E-state index contributed by atoms with van der Waals surface area (Å²) in [5, 5.41) is 10.2. The van der Waals surface area contributed by atoms with Gasteiger partial charge in [0.15, 0.2) is 0 Å². The van der Waals surface area contributed by atoms with Gasteiger partial charge in [0.05, 0.1) is 22.7 Å². The van der Waals surface area contributed by atoms with Gasteiger partial charge in [-0.3, -0.25) is 4.79 Å². The molecule has 0 saturated carbocycles. The van der Waals surface area contributed by atoms with Gasteiger partial charge in [-0.25, -0.2) is 0 Å². The summed E-state index contributed by atoms with van der Waals surface area (Å²) in [5.41, 5.74) is 0.713. The van der Waals surface area contributed by atoms with E-state index in [4.69, 9.17) is 23.2 Å². The van der Waals surface area contributed by atoms with Crippen LogP contribution in [0, 0.1) is 0 Å². The molecule has 1 heterocycles. The molecule has 2 rings (SSSR count). The Labute approximate surface area is 128 Å². The molecule has 0 aromatic heterocycles. The molecule has 1 atom stereocenters. The molecule has 1 fully saturated rings. The highest BCUT2D eigenvalue weighted by atomic mass is 35.5. The highest BCUT2D eigenvalue weighted by molar-refractivity contribution is 6.42. The first-order valence-corrected chi connectivity index (χ1v) is 7.42. The Kier molecular flexibility index (Phi) is 5.46. The number of piperidine rings is 1. The van der Waals surface area contributed by atoms with Crippen molar-refractivity contribution in [3.8, 4) is 0 Å². The SMILES string of the molecule is O=C(/C=C/c1cccc(Cl)c1Cl)N1CCCCC1CO. The molecular weight excluding hydrogens is 297 g/mol. The number of aliphatic hydroxyl groups excluding tert-OH is 1. The zero-order valence-electron chi connectivity index (χ0n) is 11.1.